The number of aromatic nitrogens is 5. The molecule has 0 saturated carbocycles. The molecule has 5 aliphatic heterocycles. The number of thiophene rings is 2. The lowest BCUT2D eigenvalue weighted by atomic mass is 9.86. The molecule has 3 atom stereocenters. The molecule has 5 fully saturated rings. The number of fused-ring (bicyclic) bond motifs is 3. The van der Waals surface area contributed by atoms with Gasteiger partial charge >= 0.3 is 12.4 Å². The highest BCUT2D eigenvalue weighted by Crippen LogP contribution is 2.45. The number of rotatable bonds is 8. The fraction of sp³-hybridized carbons (Fsp3) is 0.543. The van der Waals surface area contributed by atoms with Crippen LogP contribution >= 0.6 is 22.7 Å². The van der Waals surface area contributed by atoms with Crippen LogP contribution in [0.25, 0.3) is 31.3 Å². The molecule has 0 bridgehead atoms. The highest BCUT2D eigenvalue weighted by Gasteiger charge is 2.46. The van der Waals surface area contributed by atoms with Crippen molar-refractivity contribution in [2.45, 2.75) is 70.8 Å². The number of hydrogen-bond donors (Lipinski definition) is 1. The minimum atomic E-state index is -4.23. The average molecular weight is 937 g/mol. The molecular weight excluding hydrogens is 887 g/mol. The summed E-state index contributed by atoms with van der Waals surface area (Å²) in [5.74, 6) is 2.20. The normalized spacial score (nSPS) is 24.2. The lowest BCUT2D eigenvalue weighted by Crippen LogP contribution is -2.33. The van der Waals surface area contributed by atoms with E-state index in [1.54, 1.807) is 12.1 Å². The fourth-order valence-electron chi connectivity index (χ4n) is 11.1. The number of halogens is 6. The van der Waals surface area contributed by atoms with Crippen molar-refractivity contribution in [2.24, 2.45) is 16.7 Å². The Morgan fingerprint density at radius 3 is 1.88 bits per heavy atom. The molecule has 5 aromatic heterocycles. The number of nitriles is 1. The second kappa shape index (κ2) is 17.2. The second-order valence-corrected chi connectivity index (χ2v) is 21.2. The van der Waals surface area contributed by atoms with Gasteiger partial charge in [0.05, 0.1) is 30.2 Å². The second-order valence-electron chi connectivity index (χ2n) is 19.0. The van der Waals surface area contributed by atoms with Crippen molar-refractivity contribution in [3.8, 4) is 6.07 Å². The number of nitrogens with one attached hydrogen (secondary N) is 1. The van der Waals surface area contributed by atoms with E-state index < -0.39 is 25.2 Å². The third-order valence-corrected chi connectivity index (χ3v) is 16.3. The van der Waals surface area contributed by atoms with Gasteiger partial charge in [0.25, 0.3) is 0 Å². The molecule has 2 spiro atoms. The molecule has 2 unspecified atom stereocenters. The summed E-state index contributed by atoms with van der Waals surface area (Å²) in [5.41, 5.74) is 4.45. The van der Waals surface area contributed by atoms with Gasteiger partial charge in [0.2, 0.25) is 0 Å². The zero-order valence-corrected chi connectivity index (χ0v) is 37.7. The minimum absolute atomic E-state index is 0.155. The lowest BCUT2D eigenvalue weighted by molar-refractivity contribution is -0.127. The molecule has 0 amide bonds. The Bertz CT molecular complexity index is 2740. The third kappa shape index (κ3) is 9.51. The molecule has 65 heavy (non-hydrogen) atoms. The topological polar surface area (TPSA) is 113 Å². The summed E-state index contributed by atoms with van der Waals surface area (Å²) >= 11 is 2.22. The number of alkyl halides is 6. The van der Waals surface area contributed by atoms with E-state index in [9.17, 15) is 31.6 Å². The summed E-state index contributed by atoms with van der Waals surface area (Å²) in [6, 6.07) is 11.5. The third-order valence-electron chi connectivity index (χ3n) is 14.2. The SMILES string of the molecule is Cc1c(CN2CC[C@@]3(CCN(c4ncnc5sc(CC(F)(F)F)cc45)C3)C2)ccc2[nH]c(C#N)cc12.FC(F)(F)Cc1cc2c(N3CCC4(CCN(CC5CCOC5)C4)C3)ncnc2s1. The van der Waals surface area contributed by atoms with Crippen LogP contribution in [0.4, 0.5) is 38.0 Å². The first-order valence-electron chi connectivity index (χ1n) is 22.3. The van der Waals surface area contributed by atoms with Crippen LogP contribution in [0.2, 0.25) is 0 Å². The summed E-state index contributed by atoms with van der Waals surface area (Å²) in [4.78, 5) is 31.9. The zero-order valence-electron chi connectivity index (χ0n) is 36.1. The van der Waals surface area contributed by atoms with E-state index in [2.05, 4.69) is 69.6 Å². The van der Waals surface area contributed by atoms with Gasteiger partial charge in [-0.1, -0.05) is 6.07 Å². The molecule has 11 rings (SSSR count). The standard InChI is InChI=1S/C26H25F3N6S.C20H25F3N4OS/c1-16-17(2-3-22-20(16)8-18(11-30)33-22)12-34-6-4-25(13-34)5-7-35(14-25)23-21-9-19(10-26(27,28)29)36-24(21)32-15-31-23;21-20(22,23)8-15-7-16-17(24-13-25-18(16)29-15)27-5-3-19(12-27)2-4-26(11-19)9-14-1-6-28-10-14/h2-3,8-9,15,33H,4-7,10,12-14H2,1H3;7,13-14H,1-6,8-12H2/t25-;/m1./s1. The molecule has 0 aliphatic carbocycles. The summed E-state index contributed by atoms with van der Waals surface area (Å²) in [5, 5.41) is 11.8. The quantitative estimate of drug-likeness (QED) is 0.148. The van der Waals surface area contributed by atoms with Crippen molar-refractivity contribution in [3.05, 3.63) is 69.6 Å². The first-order chi connectivity index (χ1) is 31.1. The van der Waals surface area contributed by atoms with Crippen molar-refractivity contribution in [3.63, 3.8) is 0 Å². The van der Waals surface area contributed by atoms with Gasteiger partial charge in [0.15, 0.2) is 0 Å². The number of aromatic amines is 1. The van der Waals surface area contributed by atoms with Crippen molar-refractivity contribution < 1.29 is 31.1 Å². The van der Waals surface area contributed by atoms with Crippen LogP contribution in [-0.4, -0.2) is 119 Å². The fourth-order valence-corrected chi connectivity index (χ4v) is 13.1. The van der Waals surface area contributed by atoms with Crippen molar-refractivity contribution in [1.29, 1.82) is 5.26 Å². The lowest BCUT2D eigenvalue weighted by Gasteiger charge is -2.26. The number of anilines is 2. The van der Waals surface area contributed by atoms with Crippen LogP contribution in [0.5, 0.6) is 0 Å². The van der Waals surface area contributed by atoms with Gasteiger partial charge in [-0.3, -0.25) is 4.90 Å². The first kappa shape index (κ1) is 44.2. The van der Waals surface area contributed by atoms with E-state index in [0.29, 0.717) is 26.1 Å². The molecule has 6 aromatic rings. The van der Waals surface area contributed by atoms with Crippen LogP contribution in [0.1, 0.15) is 58.7 Å². The Labute approximate surface area is 380 Å². The smallest absolute Gasteiger partial charge is 0.381 e. The Morgan fingerprint density at radius 2 is 1.32 bits per heavy atom. The van der Waals surface area contributed by atoms with Crippen LogP contribution in [0, 0.1) is 35.0 Å². The van der Waals surface area contributed by atoms with E-state index in [-0.39, 0.29) is 15.7 Å². The number of hydrogen-bond acceptors (Lipinski definition) is 12. The molecule has 344 valence electrons. The van der Waals surface area contributed by atoms with E-state index in [4.69, 9.17) is 4.74 Å². The maximum atomic E-state index is 12.9. The highest BCUT2D eigenvalue weighted by molar-refractivity contribution is 7.19. The van der Waals surface area contributed by atoms with Crippen molar-refractivity contribution in [1.82, 2.24) is 34.7 Å². The van der Waals surface area contributed by atoms with Crippen LogP contribution in [0.3, 0.4) is 0 Å². The molecule has 11 nitrogen and oxygen atoms in total. The van der Waals surface area contributed by atoms with Gasteiger partial charge in [-0.25, -0.2) is 19.9 Å². The largest absolute Gasteiger partial charge is 0.393 e. The maximum absolute atomic E-state index is 12.9. The maximum Gasteiger partial charge on any atom is 0.393 e. The van der Waals surface area contributed by atoms with Crippen molar-refractivity contribution in [2.75, 3.05) is 81.9 Å². The Morgan fingerprint density at radius 1 is 0.754 bits per heavy atom. The zero-order chi connectivity index (χ0) is 45.1. The number of benzene rings is 1. The molecule has 1 aromatic carbocycles. The van der Waals surface area contributed by atoms with Gasteiger partial charge in [-0.2, -0.15) is 31.6 Å². The van der Waals surface area contributed by atoms with Gasteiger partial charge in [0.1, 0.15) is 45.7 Å². The van der Waals surface area contributed by atoms with Gasteiger partial charge in [-0.05, 0) is 93.4 Å². The monoisotopic (exact) mass is 936 g/mol. The number of ether oxygens (including phenoxy) is 1. The molecule has 5 saturated heterocycles. The van der Waals surface area contributed by atoms with E-state index in [1.807, 2.05) is 6.07 Å². The molecule has 0 radical (unpaired) electrons. The number of aryl methyl sites for hydroxylation is 1. The minimum Gasteiger partial charge on any atom is -0.381 e. The van der Waals surface area contributed by atoms with Gasteiger partial charge < -0.3 is 24.4 Å². The number of nitrogens with zero attached hydrogens (tertiary/aromatic N) is 9. The van der Waals surface area contributed by atoms with E-state index in [1.165, 1.54) is 30.2 Å². The number of likely N-dealkylation sites (tertiary alicyclic amines) is 2. The van der Waals surface area contributed by atoms with Crippen molar-refractivity contribution >= 4 is 65.6 Å². The van der Waals surface area contributed by atoms with E-state index >= 15 is 0 Å². The van der Waals surface area contributed by atoms with E-state index in [0.717, 1.165) is 160 Å². The molecule has 19 heteroatoms. The Kier molecular flexibility index (Phi) is 11.7. The van der Waals surface area contributed by atoms with Crippen LogP contribution in [-0.2, 0) is 24.1 Å². The van der Waals surface area contributed by atoms with Crippen LogP contribution < -0.4 is 9.80 Å². The molecule has 1 N–H and O–H groups in total. The van der Waals surface area contributed by atoms with Gasteiger partial charge in [0, 0.05) is 90.5 Å². The first-order valence-corrected chi connectivity index (χ1v) is 23.9. The Hall–Kier alpha value is -4.61. The van der Waals surface area contributed by atoms with Gasteiger partial charge in [-0.15, -0.1) is 22.7 Å². The summed E-state index contributed by atoms with van der Waals surface area (Å²) in [6.45, 7) is 13.6. The highest BCUT2D eigenvalue weighted by atomic mass is 32.1. The molecular formula is C46H50F6N10OS2. The predicted octanol–water partition coefficient (Wildman–Crippen LogP) is 9.29. The summed E-state index contributed by atoms with van der Waals surface area (Å²) in [7, 11) is 0. The van der Waals surface area contributed by atoms with Crippen LogP contribution in [0.15, 0.2) is 43.0 Å². The molecule has 5 aliphatic rings. The summed E-state index contributed by atoms with van der Waals surface area (Å²) < 4.78 is 82.7. The Balaban J connectivity index is 0.000000157. The average Bonchev–Trinajstić information content (AvgIpc) is 4.12. The number of H-pyrrole nitrogens is 1. The predicted molar refractivity (Wildman–Crippen MR) is 241 cm³/mol. The summed E-state index contributed by atoms with van der Waals surface area (Å²) in [6.07, 6.45) is -1.76. The molecule has 10 heterocycles.